The molecule has 0 N–H and O–H groups in total. The van der Waals surface area contributed by atoms with Crippen LogP contribution in [0.15, 0.2) is 109 Å². The minimum Gasteiger partial charge on any atom is -0.310 e. The summed E-state index contributed by atoms with van der Waals surface area (Å²) in [5.41, 5.74) is 25.0. The molecule has 0 heterocycles. The average Bonchev–Trinajstić information content (AvgIpc) is 3.79. The van der Waals surface area contributed by atoms with Crippen LogP contribution in [0.4, 0.5) is 34.1 Å². The third-order valence-electron chi connectivity index (χ3n) is 17.3. The Bertz CT molecular complexity index is 2500. The van der Waals surface area contributed by atoms with Gasteiger partial charge in [-0.2, -0.15) is 0 Å². The molecular formula is C68H86N2. The van der Waals surface area contributed by atoms with Crippen LogP contribution >= 0.6 is 0 Å². The molecule has 0 unspecified atom stereocenters. The van der Waals surface area contributed by atoms with E-state index in [1.807, 2.05) is 0 Å². The van der Waals surface area contributed by atoms with E-state index in [0.717, 1.165) is 12.8 Å². The van der Waals surface area contributed by atoms with E-state index in [0.29, 0.717) is 11.8 Å². The summed E-state index contributed by atoms with van der Waals surface area (Å²) in [5.74, 6) is 1.29. The first-order chi connectivity index (χ1) is 33.9. The predicted octanol–water partition coefficient (Wildman–Crippen LogP) is 20.3. The van der Waals surface area contributed by atoms with Gasteiger partial charge in [-0.05, 0) is 209 Å². The van der Waals surface area contributed by atoms with Crippen LogP contribution in [0.3, 0.4) is 0 Å². The minimum atomic E-state index is 0.0749. The molecule has 2 nitrogen and oxygen atoms in total. The van der Waals surface area contributed by atoms with E-state index >= 15 is 0 Å². The first kappa shape index (κ1) is 49.9. The Kier molecular flexibility index (Phi) is 15.2. The first-order valence-corrected chi connectivity index (χ1v) is 28.1. The number of hydrogen-bond donors (Lipinski definition) is 0. The summed E-state index contributed by atoms with van der Waals surface area (Å²) in [6.07, 6.45) is 23.3. The summed E-state index contributed by atoms with van der Waals surface area (Å²) in [7, 11) is 0. The van der Waals surface area contributed by atoms with Crippen molar-refractivity contribution in [3.05, 3.63) is 165 Å². The van der Waals surface area contributed by atoms with Gasteiger partial charge in [-0.25, -0.2) is 0 Å². The molecule has 6 aromatic carbocycles. The summed E-state index contributed by atoms with van der Waals surface area (Å²) < 4.78 is 0. The first-order valence-electron chi connectivity index (χ1n) is 28.1. The van der Waals surface area contributed by atoms with Crippen molar-refractivity contribution in [2.45, 2.75) is 196 Å². The number of anilines is 6. The van der Waals surface area contributed by atoms with Crippen LogP contribution in [0, 0.1) is 53.4 Å². The van der Waals surface area contributed by atoms with Crippen molar-refractivity contribution in [2.75, 3.05) is 9.80 Å². The van der Waals surface area contributed by atoms with E-state index < -0.39 is 0 Å². The average molecular weight is 931 g/mol. The summed E-state index contributed by atoms with van der Waals surface area (Å²) >= 11 is 0. The number of nitrogens with zero attached hydrogens (tertiary/aromatic N) is 2. The second-order valence-electron chi connectivity index (χ2n) is 23.2. The second kappa shape index (κ2) is 21.3. The SMILES string of the molecule is CCCCCCCCc1cc(C)c(N(c2ccc(C)cc2)c2ccc3c(c2)C24CC(C)CC2(CC(C)C4)c2cc(N(c4ccc(C)cc4)c4c(C)cc(CCCCCCCC)cc4C)ccc2-3)c(C)c1. The van der Waals surface area contributed by atoms with Crippen LogP contribution in [-0.2, 0) is 23.7 Å². The zero-order valence-corrected chi connectivity index (χ0v) is 45.2. The highest BCUT2D eigenvalue weighted by Crippen LogP contribution is 2.72. The standard InChI is InChI=1S/C68H86N2/c1-11-13-15-17-19-21-23-55-37-51(7)65(52(8)38-55)69(57-29-25-47(3)26-30-57)59-33-35-61-62-36-34-60(42-64(62)68-45-49(5)43-67(68,63(61)41-59)44-50(6)46-68)70(58-31-27-48(4)28-32-58)66-53(9)39-56(40-54(66)10)24-22-20-18-16-14-12-2/h25-42,49-50H,11-24,43-46H2,1-10H3. The minimum absolute atomic E-state index is 0.0749. The number of hydrogen-bond acceptors (Lipinski definition) is 2. The Morgan fingerprint density at radius 3 is 1.04 bits per heavy atom. The van der Waals surface area contributed by atoms with Gasteiger partial charge in [-0.3, -0.25) is 0 Å². The summed E-state index contributed by atoms with van der Waals surface area (Å²) in [6, 6.07) is 43.9. The molecule has 0 aromatic heterocycles. The van der Waals surface area contributed by atoms with Gasteiger partial charge in [0.25, 0.3) is 0 Å². The molecule has 0 aliphatic heterocycles. The Hall–Kier alpha value is -5.08. The van der Waals surface area contributed by atoms with E-state index in [-0.39, 0.29) is 10.8 Å². The third-order valence-corrected chi connectivity index (χ3v) is 17.3. The summed E-state index contributed by atoms with van der Waals surface area (Å²) in [6.45, 7) is 23.6. The van der Waals surface area contributed by atoms with Crippen molar-refractivity contribution in [3.8, 4) is 11.1 Å². The topological polar surface area (TPSA) is 6.48 Å². The maximum absolute atomic E-state index is 2.68. The molecule has 6 aromatic rings. The molecule has 9 rings (SSSR count). The number of rotatable bonds is 20. The quantitative estimate of drug-likeness (QED) is 0.0704. The van der Waals surface area contributed by atoms with Gasteiger partial charge in [0.15, 0.2) is 0 Å². The van der Waals surface area contributed by atoms with Gasteiger partial charge < -0.3 is 9.80 Å². The molecule has 0 atom stereocenters. The second-order valence-corrected chi connectivity index (χ2v) is 23.2. The van der Waals surface area contributed by atoms with E-state index in [9.17, 15) is 0 Å². The van der Waals surface area contributed by atoms with Crippen molar-refractivity contribution in [2.24, 2.45) is 11.8 Å². The van der Waals surface area contributed by atoms with Gasteiger partial charge in [0.1, 0.15) is 0 Å². The lowest BCUT2D eigenvalue weighted by Crippen LogP contribution is -2.43. The molecular weight excluding hydrogens is 845 g/mol. The largest absolute Gasteiger partial charge is 0.310 e. The van der Waals surface area contributed by atoms with Gasteiger partial charge in [0.2, 0.25) is 0 Å². The lowest BCUT2D eigenvalue weighted by Gasteiger charge is -2.48. The molecule has 0 bridgehead atoms. The van der Waals surface area contributed by atoms with Crippen molar-refractivity contribution in [1.82, 2.24) is 0 Å². The number of aryl methyl sites for hydroxylation is 8. The number of unbranched alkanes of at least 4 members (excludes halogenated alkanes) is 10. The highest BCUT2D eigenvalue weighted by atomic mass is 15.2. The zero-order valence-electron chi connectivity index (χ0n) is 45.2. The molecule has 0 amide bonds. The third kappa shape index (κ3) is 9.67. The van der Waals surface area contributed by atoms with Gasteiger partial charge in [0, 0.05) is 33.6 Å². The van der Waals surface area contributed by atoms with Crippen molar-refractivity contribution < 1.29 is 0 Å². The molecule has 2 heteroatoms. The maximum atomic E-state index is 2.68. The van der Waals surface area contributed by atoms with Crippen LogP contribution in [0.5, 0.6) is 0 Å². The van der Waals surface area contributed by atoms with E-state index in [4.69, 9.17) is 0 Å². The smallest absolute Gasteiger partial charge is 0.0520 e. The fraction of sp³-hybridized carbons (Fsp3) is 0.471. The van der Waals surface area contributed by atoms with Crippen LogP contribution in [0.1, 0.15) is 186 Å². The molecule has 70 heavy (non-hydrogen) atoms. The molecule has 2 saturated carbocycles. The predicted molar refractivity (Wildman–Crippen MR) is 304 cm³/mol. The lowest BCUT2D eigenvalue weighted by atomic mass is 9.55. The lowest BCUT2D eigenvalue weighted by molar-refractivity contribution is 0.299. The molecule has 0 radical (unpaired) electrons. The molecule has 2 fully saturated rings. The summed E-state index contributed by atoms with van der Waals surface area (Å²) in [4.78, 5) is 5.21. The van der Waals surface area contributed by atoms with E-state index in [1.54, 1.807) is 11.1 Å². The molecule has 368 valence electrons. The van der Waals surface area contributed by atoms with Gasteiger partial charge >= 0.3 is 0 Å². The fourth-order valence-corrected chi connectivity index (χ4v) is 14.5. The Morgan fingerprint density at radius 2 is 0.700 bits per heavy atom. The van der Waals surface area contributed by atoms with E-state index in [1.165, 1.54) is 192 Å². The monoisotopic (exact) mass is 931 g/mol. The van der Waals surface area contributed by atoms with Crippen molar-refractivity contribution >= 4 is 34.1 Å². The van der Waals surface area contributed by atoms with Crippen molar-refractivity contribution in [1.29, 1.82) is 0 Å². The highest BCUT2D eigenvalue weighted by Gasteiger charge is 2.65. The molecule has 0 saturated heterocycles. The number of fused-ring (bicyclic) bond motifs is 3. The highest BCUT2D eigenvalue weighted by molar-refractivity contribution is 5.89. The Balaban J connectivity index is 1.15. The fourth-order valence-electron chi connectivity index (χ4n) is 14.5. The molecule has 3 aliphatic rings. The molecule has 3 aliphatic carbocycles. The van der Waals surface area contributed by atoms with Gasteiger partial charge in [-0.15, -0.1) is 0 Å². The van der Waals surface area contributed by atoms with Gasteiger partial charge in [0.05, 0.1) is 11.4 Å². The Labute approximate surface area is 425 Å². The van der Waals surface area contributed by atoms with Gasteiger partial charge in [-0.1, -0.05) is 164 Å². The molecule has 0 spiro atoms. The number of benzene rings is 6. The summed E-state index contributed by atoms with van der Waals surface area (Å²) in [5, 5.41) is 0. The Morgan fingerprint density at radius 1 is 0.386 bits per heavy atom. The van der Waals surface area contributed by atoms with Crippen LogP contribution in [0.25, 0.3) is 11.1 Å². The van der Waals surface area contributed by atoms with Crippen LogP contribution in [0.2, 0.25) is 0 Å². The van der Waals surface area contributed by atoms with Crippen LogP contribution in [-0.4, -0.2) is 0 Å². The van der Waals surface area contributed by atoms with Crippen molar-refractivity contribution in [3.63, 3.8) is 0 Å². The maximum Gasteiger partial charge on any atom is 0.0520 e. The van der Waals surface area contributed by atoms with Crippen LogP contribution < -0.4 is 9.80 Å². The van der Waals surface area contributed by atoms with E-state index in [2.05, 4.69) is 188 Å². The normalized spacial score (nSPS) is 20.0. The zero-order chi connectivity index (χ0) is 49.2.